The van der Waals surface area contributed by atoms with E-state index in [9.17, 15) is 0 Å². The highest BCUT2D eigenvalue weighted by molar-refractivity contribution is 6.45. The molecule has 0 N–H and O–H groups in total. The standard InChI is InChI=1S/C46H28/c1-3-14-29(15-4-1)31-18-11-19-32(28-31)42-34-21-8-10-23-38(34)46-44-36(25-13-27-40(42)44)35-24-12-26-39-41(30-16-5-2-6-17-30)33-20-7-9-22-37(33)45(46)43(35)39/h1-28H. The summed E-state index contributed by atoms with van der Waals surface area (Å²) in [7, 11) is 0. The van der Waals surface area contributed by atoms with Crippen molar-refractivity contribution >= 4 is 64.6 Å². The molecule has 0 fully saturated rings. The van der Waals surface area contributed by atoms with Crippen LogP contribution in [-0.4, -0.2) is 0 Å². The molecule has 0 atom stereocenters. The molecule has 0 radical (unpaired) electrons. The summed E-state index contributed by atoms with van der Waals surface area (Å²) in [6.07, 6.45) is 0. The van der Waals surface area contributed by atoms with Crippen LogP contribution in [0.15, 0.2) is 170 Å². The van der Waals surface area contributed by atoms with E-state index >= 15 is 0 Å². The second kappa shape index (κ2) is 9.76. The van der Waals surface area contributed by atoms with Gasteiger partial charge in [-0.15, -0.1) is 0 Å². The first-order valence-electron chi connectivity index (χ1n) is 16.0. The Balaban J connectivity index is 1.45. The van der Waals surface area contributed by atoms with Crippen molar-refractivity contribution in [1.29, 1.82) is 0 Å². The Bertz CT molecular complexity index is 2770. The lowest BCUT2D eigenvalue weighted by Crippen LogP contribution is -1.94. The van der Waals surface area contributed by atoms with E-state index in [4.69, 9.17) is 0 Å². The number of hydrogen-bond acceptors (Lipinski definition) is 0. The highest BCUT2D eigenvalue weighted by atomic mass is 14.3. The molecule has 10 aromatic rings. The zero-order valence-corrected chi connectivity index (χ0v) is 25.2. The molecule has 212 valence electrons. The van der Waals surface area contributed by atoms with E-state index in [0.29, 0.717) is 0 Å². The Hall–Kier alpha value is -5.98. The van der Waals surface area contributed by atoms with Crippen molar-refractivity contribution in [2.24, 2.45) is 0 Å². The largest absolute Gasteiger partial charge is 0.0622 e. The molecule has 0 saturated heterocycles. The van der Waals surface area contributed by atoms with Gasteiger partial charge < -0.3 is 0 Å². The maximum atomic E-state index is 2.37. The molecule has 0 heteroatoms. The lowest BCUT2D eigenvalue weighted by Gasteiger charge is -2.23. The van der Waals surface area contributed by atoms with Crippen molar-refractivity contribution in [3.63, 3.8) is 0 Å². The van der Waals surface area contributed by atoms with Crippen molar-refractivity contribution in [1.82, 2.24) is 0 Å². The molecule has 0 saturated carbocycles. The van der Waals surface area contributed by atoms with Crippen molar-refractivity contribution in [3.05, 3.63) is 170 Å². The highest BCUT2D eigenvalue weighted by Crippen LogP contribution is 2.51. The lowest BCUT2D eigenvalue weighted by molar-refractivity contribution is 1.61. The van der Waals surface area contributed by atoms with Crippen LogP contribution in [0, 0.1) is 0 Å². The van der Waals surface area contributed by atoms with Crippen LogP contribution in [-0.2, 0) is 0 Å². The lowest BCUT2D eigenvalue weighted by atomic mass is 9.80. The van der Waals surface area contributed by atoms with Gasteiger partial charge in [-0.3, -0.25) is 0 Å². The van der Waals surface area contributed by atoms with Crippen LogP contribution in [0.4, 0.5) is 0 Å². The first kappa shape index (κ1) is 25.4. The normalized spacial score (nSPS) is 11.9. The van der Waals surface area contributed by atoms with Gasteiger partial charge in [-0.2, -0.15) is 0 Å². The van der Waals surface area contributed by atoms with E-state index in [1.165, 1.54) is 98.0 Å². The Morgan fingerprint density at radius 2 is 0.543 bits per heavy atom. The predicted molar refractivity (Wildman–Crippen MR) is 199 cm³/mol. The van der Waals surface area contributed by atoms with Gasteiger partial charge >= 0.3 is 0 Å². The molecular formula is C46H28. The fourth-order valence-electron chi connectivity index (χ4n) is 8.14. The molecular weight excluding hydrogens is 553 g/mol. The maximum Gasteiger partial charge on any atom is -0.000740 e. The number of hydrogen-bond donors (Lipinski definition) is 0. The van der Waals surface area contributed by atoms with Crippen LogP contribution in [0.25, 0.3) is 98.0 Å². The molecule has 0 heterocycles. The van der Waals surface area contributed by atoms with E-state index in [-0.39, 0.29) is 0 Å². The van der Waals surface area contributed by atoms with Crippen molar-refractivity contribution in [2.45, 2.75) is 0 Å². The van der Waals surface area contributed by atoms with Gasteiger partial charge in [0.1, 0.15) is 0 Å². The van der Waals surface area contributed by atoms with Crippen molar-refractivity contribution in [2.75, 3.05) is 0 Å². The zero-order valence-electron chi connectivity index (χ0n) is 25.2. The van der Waals surface area contributed by atoms with E-state index < -0.39 is 0 Å². The minimum Gasteiger partial charge on any atom is -0.0622 e. The highest BCUT2D eigenvalue weighted by Gasteiger charge is 2.23. The molecule has 0 aliphatic rings. The molecule has 0 aliphatic heterocycles. The van der Waals surface area contributed by atoms with Gasteiger partial charge in [0.25, 0.3) is 0 Å². The smallest absolute Gasteiger partial charge is 0.000740 e. The topological polar surface area (TPSA) is 0 Å². The summed E-state index contributed by atoms with van der Waals surface area (Å²) in [4.78, 5) is 0. The Morgan fingerprint density at radius 1 is 0.196 bits per heavy atom. The van der Waals surface area contributed by atoms with Gasteiger partial charge in [0.15, 0.2) is 0 Å². The van der Waals surface area contributed by atoms with Gasteiger partial charge in [0, 0.05) is 0 Å². The first-order valence-corrected chi connectivity index (χ1v) is 16.0. The van der Waals surface area contributed by atoms with Gasteiger partial charge in [-0.1, -0.05) is 164 Å². The SMILES string of the molecule is c1ccc(-c2cccc(-c3c4ccccc4c4c5c3cccc5c3cccc5c(-c6ccccc6)c6ccccc6c4c53)c2)cc1. The van der Waals surface area contributed by atoms with Crippen LogP contribution < -0.4 is 0 Å². The van der Waals surface area contributed by atoms with E-state index in [1.807, 2.05) is 0 Å². The van der Waals surface area contributed by atoms with Crippen LogP contribution in [0.5, 0.6) is 0 Å². The third kappa shape index (κ3) is 3.50. The fraction of sp³-hybridized carbons (Fsp3) is 0. The van der Waals surface area contributed by atoms with Gasteiger partial charge in [0.05, 0.1) is 0 Å². The summed E-state index contributed by atoms with van der Waals surface area (Å²) >= 11 is 0. The summed E-state index contributed by atoms with van der Waals surface area (Å²) in [5, 5.41) is 15.8. The van der Waals surface area contributed by atoms with E-state index in [1.54, 1.807) is 0 Å². The zero-order chi connectivity index (χ0) is 30.2. The van der Waals surface area contributed by atoms with Crippen molar-refractivity contribution < 1.29 is 0 Å². The second-order valence-corrected chi connectivity index (χ2v) is 12.4. The van der Waals surface area contributed by atoms with Crippen LogP contribution in [0.1, 0.15) is 0 Å². The van der Waals surface area contributed by atoms with Crippen molar-refractivity contribution in [3.8, 4) is 33.4 Å². The number of benzene rings is 10. The fourth-order valence-corrected chi connectivity index (χ4v) is 8.14. The molecule has 46 heavy (non-hydrogen) atoms. The molecule has 0 unspecified atom stereocenters. The monoisotopic (exact) mass is 580 g/mol. The number of fused-ring (bicyclic) bond motifs is 6. The minimum atomic E-state index is 1.23. The van der Waals surface area contributed by atoms with E-state index in [0.717, 1.165) is 0 Å². The van der Waals surface area contributed by atoms with Gasteiger partial charge in [-0.05, 0) is 104 Å². The Labute approximate surface area is 267 Å². The summed E-state index contributed by atoms with van der Waals surface area (Å²) in [6, 6.07) is 62.6. The van der Waals surface area contributed by atoms with Crippen LogP contribution in [0.2, 0.25) is 0 Å². The molecule has 10 rings (SSSR count). The minimum absolute atomic E-state index is 1.23. The summed E-state index contributed by atoms with van der Waals surface area (Å²) < 4.78 is 0. The summed E-state index contributed by atoms with van der Waals surface area (Å²) in [5.74, 6) is 0. The Morgan fingerprint density at radius 3 is 1.11 bits per heavy atom. The maximum absolute atomic E-state index is 2.37. The van der Waals surface area contributed by atoms with Crippen LogP contribution in [0.3, 0.4) is 0 Å². The van der Waals surface area contributed by atoms with Gasteiger partial charge in [0.2, 0.25) is 0 Å². The molecule has 0 spiro atoms. The average Bonchev–Trinajstić information content (AvgIpc) is 3.13. The molecule has 0 aliphatic carbocycles. The number of rotatable bonds is 3. The van der Waals surface area contributed by atoms with Gasteiger partial charge in [-0.25, -0.2) is 0 Å². The molecule has 10 aromatic carbocycles. The average molecular weight is 581 g/mol. The Kier molecular flexibility index (Phi) is 5.38. The third-order valence-corrected chi connectivity index (χ3v) is 9.96. The summed E-state index contributed by atoms with van der Waals surface area (Å²) in [6.45, 7) is 0. The van der Waals surface area contributed by atoms with Crippen LogP contribution >= 0.6 is 0 Å². The molecule has 0 amide bonds. The third-order valence-electron chi connectivity index (χ3n) is 9.96. The predicted octanol–water partition coefficient (Wildman–Crippen LogP) is 13.0. The molecule has 0 bridgehead atoms. The first-order chi connectivity index (χ1) is 22.9. The molecule has 0 nitrogen and oxygen atoms in total. The molecule has 0 aromatic heterocycles. The van der Waals surface area contributed by atoms with E-state index in [2.05, 4.69) is 170 Å². The quantitative estimate of drug-likeness (QED) is 0.144. The summed E-state index contributed by atoms with van der Waals surface area (Å²) in [5.41, 5.74) is 7.58. The second-order valence-electron chi connectivity index (χ2n) is 12.4.